The molecule has 1 aliphatic carbocycles. The number of nitrogens with zero attached hydrogens (tertiary/aromatic N) is 1. The van der Waals surface area contributed by atoms with Gasteiger partial charge >= 0.3 is 0 Å². The molecule has 0 amide bonds. The zero-order valence-electron chi connectivity index (χ0n) is 10.0. The van der Waals surface area contributed by atoms with E-state index < -0.39 is 0 Å². The van der Waals surface area contributed by atoms with Gasteiger partial charge in [0.25, 0.3) is 0 Å². The van der Waals surface area contributed by atoms with Crippen molar-refractivity contribution in [3.05, 3.63) is 11.6 Å². The van der Waals surface area contributed by atoms with E-state index in [1.807, 2.05) is 0 Å². The van der Waals surface area contributed by atoms with Crippen LogP contribution in [0.25, 0.3) is 0 Å². The molecule has 2 unspecified atom stereocenters. The van der Waals surface area contributed by atoms with Gasteiger partial charge in [0, 0.05) is 19.6 Å². The molecule has 15 heavy (non-hydrogen) atoms. The van der Waals surface area contributed by atoms with Crippen LogP contribution in [-0.4, -0.2) is 37.7 Å². The fourth-order valence-corrected chi connectivity index (χ4v) is 2.76. The van der Waals surface area contributed by atoms with Crippen molar-refractivity contribution >= 4 is 0 Å². The van der Waals surface area contributed by atoms with Crippen molar-refractivity contribution in [3.63, 3.8) is 0 Å². The summed E-state index contributed by atoms with van der Waals surface area (Å²) in [6, 6.07) is 0. The summed E-state index contributed by atoms with van der Waals surface area (Å²) in [5.41, 5.74) is 1.61. The largest absolute Gasteiger partial charge is 0.379 e. The van der Waals surface area contributed by atoms with Gasteiger partial charge in [-0.05, 0) is 31.6 Å². The van der Waals surface area contributed by atoms with E-state index in [-0.39, 0.29) is 0 Å². The highest BCUT2D eigenvalue weighted by Crippen LogP contribution is 2.30. The molecular weight excluding hydrogens is 186 g/mol. The predicted molar refractivity (Wildman–Crippen MR) is 62.9 cm³/mol. The number of rotatable bonds is 2. The van der Waals surface area contributed by atoms with E-state index in [1.54, 1.807) is 5.57 Å². The summed E-state index contributed by atoms with van der Waals surface area (Å²) in [5.74, 6) is 1.65. The summed E-state index contributed by atoms with van der Waals surface area (Å²) in [4.78, 5) is 2.56. The first kappa shape index (κ1) is 11.2. The van der Waals surface area contributed by atoms with Gasteiger partial charge in [-0.3, -0.25) is 4.90 Å². The molecule has 2 atom stereocenters. The average Bonchev–Trinajstić information content (AvgIpc) is 2.25. The van der Waals surface area contributed by atoms with E-state index in [4.69, 9.17) is 4.74 Å². The SMILES string of the molecule is CC1=CCCC(C)C1CN1CCOCC1. The van der Waals surface area contributed by atoms with Crippen molar-refractivity contribution in [1.29, 1.82) is 0 Å². The Morgan fingerprint density at radius 1 is 1.40 bits per heavy atom. The van der Waals surface area contributed by atoms with Crippen molar-refractivity contribution < 1.29 is 4.74 Å². The van der Waals surface area contributed by atoms with Crippen LogP contribution in [0.1, 0.15) is 26.7 Å². The van der Waals surface area contributed by atoms with Crippen molar-refractivity contribution in [1.82, 2.24) is 4.90 Å². The molecule has 1 aliphatic heterocycles. The van der Waals surface area contributed by atoms with Crippen LogP contribution >= 0.6 is 0 Å². The molecule has 0 aromatic rings. The van der Waals surface area contributed by atoms with Gasteiger partial charge in [-0.2, -0.15) is 0 Å². The van der Waals surface area contributed by atoms with Crippen LogP contribution in [0.4, 0.5) is 0 Å². The van der Waals surface area contributed by atoms with E-state index in [9.17, 15) is 0 Å². The van der Waals surface area contributed by atoms with Crippen LogP contribution in [0.5, 0.6) is 0 Å². The molecule has 0 aromatic heterocycles. The monoisotopic (exact) mass is 209 g/mol. The lowest BCUT2D eigenvalue weighted by Gasteiger charge is -2.35. The standard InChI is InChI=1S/C13H23NO/c1-11-4-3-5-12(2)13(11)10-14-6-8-15-9-7-14/h4,12-13H,3,5-10H2,1-2H3. The van der Waals surface area contributed by atoms with E-state index in [0.717, 1.165) is 38.1 Å². The first-order valence-electron chi connectivity index (χ1n) is 6.24. The molecule has 0 aromatic carbocycles. The van der Waals surface area contributed by atoms with Gasteiger partial charge in [0.1, 0.15) is 0 Å². The first-order chi connectivity index (χ1) is 7.27. The lowest BCUT2D eigenvalue weighted by atomic mass is 9.80. The Balaban J connectivity index is 1.91. The van der Waals surface area contributed by atoms with E-state index in [2.05, 4.69) is 24.8 Å². The Morgan fingerprint density at radius 3 is 2.80 bits per heavy atom. The smallest absolute Gasteiger partial charge is 0.0594 e. The summed E-state index contributed by atoms with van der Waals surface area (Å²) in [6.45, 7) is 10.0. The van der Waals surface area contributed by atoms with Gasteiger partial charge in [0.05, 0.1) is 13.2 Å². The Morgan fingerprint density at radius 2 is 2.13 bits per heavy atom. The van der Waals surface area contributed by atoms with E-state index in [0.29, 0.717) is 0 Å². The van der Waals surface area contributed by atoms with Gasteiger partial charge in [-0.25, -0.2) is 0 Å². The van der Waals surface area contributed by atoms with Crippen molar-refractivity contribution in [2.24, 2.45) is 11.8 Å². The van der Waals surface area contributed by atoms with Crippen LogP contribution in [-0.2, 0) is 4.74 Å². The number of ether oxygens (including phenoxy) is 1. The second-order valence-corrected chi connectivity index (χ2v) is 5.02. The summed E-state index contributed by atoms with van der Waals surface area (Å²) >= 11 is 0. The van der Waals surface area contributed by atoms with E-state index >= 15 is 0 Å². The lowest BCUT2D eigenvalue weighted by molar-refractivity contribution is 0.0287. The predicted octanol–water partition coefficient (Wildman–Crippen LogP) is 2.31. The fraction of sp³-hybridized carbons (Fsp3) is 0.846. The average molecular weight is 209 g/mol. The van der Waals surface area contributed by atoms with Crippen molar-refractivity contribution in [3.8, 4) is 0 Å². The summed E-state index contributed by atoms with van der Waals surface area (Å²) in [5, 5.41) is 0. The molecule has 1 saturated heterocycles. The number of allylic oxidation sites excluding steroid dienone is 1. The maximum atomic E-state index is 5.39. The maximum Gasteiger partial charge on any atom is 0.0594 e. The van der Waals surface area contributed by atoms with Gasteiger partial charge in [-0.1, -0.05) is 18.6 Å². The maximum absolute atomic E-state index is 5.39. The topological polar surface area (TPSA) is 12.5 Å². The molecule has 86 valence electrons. The van der Waals surface area contributed by atoms with Crippen LogP contribution in [0.3, 0.4) is 0 Å². The highest BCUT2D eigenvalue weighted by Gasteiger charge is 2.24. The van der Waals surface area contributed by atoms with Gasteiger partial charge in [0.2, 0.25) is 0 Å². The van der Waals surface area contributed by atoms with Crippen molar-refractivity contribution in [2.45, 2.75) is 26.7 Å². The Bertz CT molecular complexity index is 231. The quantitative estimate of drug-likeness (QED) is 0.647. The van der Waals surface area contributed by atoms with Gasteiger partial charge < -0.3 is 4.74 Å². The zero-order valence-corrected chi connectivity index (χ0v) is 10.0. The van der Waals surface area contributed by atoms with Gasteiger partial charge in [-0.15, -0.1) is 0 Å². The molecule has 2 aliphatic rings. The molecule has 1 heterocycles. The molecule has 0 spiro atoms. The van der Waals surface area contributed by atoms with Crippen molar-refractivity contribution in [2.75, 3.05) is 32.8 Å². The number of hydrogen-bond donors (Lipinski definition) is 0. The van der Waals surface area contributed by atoms with Crippen LogP contribution < -0.4 is 0 Å². The Kier molecular flexibility index (Phi) is 3.81. The van der Waals surface area contributed by atoms with Crippen LogP contribution in [0.15, 0.2) is 11.6 Å². The van der Waals surface area contributed by atoms with Crippen LogP contribution in [0, 0.1) is 11.8 Å². The number of hydrogen-bond acceptors (Lipinski definition) is 2. The molecular formula is C13H23NO. The third-order valence-electron chi connectivity index (χ3n) is 3.92. The molecule has 0 N–H and O–H groups in total. The Hall–Kier alpha value is -0.340. The molecule has 2 rings (SSSR count). The molecule has 0 bridgehead atoms. The van der Waals surface area contributed by atoms with Gasteiger partial charge in [0.15, 0.2) is 0 Å². The molecule has 2 nitrogen and oxygen atoms in total. The fourth-order valence-electron chi connectivity index (χ4n) is 2.76. The summed E-state index contributed by atoms with van der Waals surface area (Å²) in [7, 11) is 0. The minimum absolute atomic E-state index is 0.789. The lowest BCUT2D eigenvalue weighted by Crippen LogP contribution is -2.41. The molecule has 1 fully saturated rings. The second-order valence-electron chi connectivity index (χ2n) is 5.02. The summed E-state index contributed by atoms with van der Waals surface area (Å²) in [6.07, 6.45) is 5.09. The minimum atomic E-state index is 0.789. The normalized spacial score (nSPS) is 33.9. The third kappa shape index (κ3) is 2.82. The first-order valence-corrected chi connectivity index (χ1v) is 6.24. The third-order valence-corrected chi connectivity index (χ3v) is 3.92. The second kappa shape index (κ2) is 5.13. The molecule has 0 radical (unpaired) electrons. The summed E-state index contributed by atoms with van der Waals surface area (Å²) < 4.78 is 5.39. The highest BCUT2D eigenvalue weighted by molar-refractivity contribution is 5.09. The Labute approximate surface area is 93.3 Å². The minimum Gasteiger partial charge on any atom is -0.379 e. The zero-order chi connectivity index (χ0) is 10.7. The van der Waals surface area contributed by atoms with Crippen LogP contribution in [0.2, 0.25) is 0 Å². The van der Waals surface area contributed by atoms with E-state index in [1.165, 1.54) is 19.4 Å². The molecule has 0 saturated carbocycles. The number of morpholine rings is 1. The highest BCUT2D eigenvalue weighted by atomic mass is 16.5. The molecule has 2 heteroatoms.